The molecular weight excluding hydrogens is 314 g/mol. The van der Waals surface area contributed by atoms with Crippen LogP contribution in [0.25, 0.3) is 0 Å². The number of benzene rings is 1. The molecule has 2 atom stereocenters. The lowest BCUT2D eigenvalue weighted by atomic mass is 10.1. The van der Waals surface area contributed by atoms with E-state index in [2.05, 4.69) is 10.3 Å². The van der Waals surface area contributed by atoms with Crippen LogP contribution < -0.4 is 10.2 Å². The largest absolute Gasteiger partial charge is 0.344 e. The first-order valence-corrected chi connectivity index (χ1v) is 8.72. The van der Waals surface area contributed by atoms with E-state index in [9.17, 15) is 9.59 Å². The Bertz CT molecular complexity index is 718. The summed E-state index contributed by atoms with van der Waals surface area (Å²) in [5.41, 5.74) is 1.86. The first-order chi connectivity index (χ1) is 12.1. The van der Waals surface area contributed by atoms with Crippen LogP contribution in [0.4, 0.5) is 5.69 Å². The molecule has 0 spiro atoms. The Labute approximate surface area is 148 Å². The summed E-state index contributed by atoms with van der Waals surface area (Å²) in [5.74, 6) is -0.104. The van der Waals surface area contributed by atoms with Crippen LogP contribution in [0.2, 0.25) is 0 Å². The molecule has 1 aliphatic heterocycles. The van der Waals surface area contributed by atoms with Gasteiger partial charge in [-0.05, 0) is 50.5 Å². The van der Waals surface area contributed by atoms with E-state index in [1.165, 1.54) is 0 Å². The molecule has 0 bridgehead atoms. The Balaban J connectivity index is 1.51. The number of nitrogens with zero attached hydrogens (tertiary/aromatic N) is 2. The lowest BCUT2D eigenvalue weighted by Crippen LogP contribution is -2.41. The van der Waals surface area contributed by atoms with Gasteiger partial charge in [-0.2, -0.15) is 0 Å². The second kappa shape index (κ2) is 7.92. The zero-order valence-corrected chi connectivity index (χ0v) is 14.4. The number of carbonyl (C=O) groups is 2. The van der Waals surface area contributed by atoms with Crippen molar-refractivity contribution in [1.29, 1.82) is 0 Å². The van der Waals surface area contributed by atoms with Crippen molar-refractivity contribution in [1.82, 2.24) is 10.3 Å². The lowest BCUT2D eigenvalue weighted by molar-refractivity contribution is -0.126. The summed E-state index contributed by atoms with van der Waals surface area (Å²) in [5, 5.41) is 2.89. The second-order valence-electron chi connectivity index (χ2n) is 6.42. The Morgan fingerprint density at radius 1 is 1.20 bits per heavy atom. The Morgan fingerprint density at radius 3 is 2.68 bits per heavy atom. The van der Waals surface area contributed by atoms with E-state index in [1.54, 1.807) is 11.1 Å². The Hall–Kier alpha value is -2.69. The molecule has 25 heavy (non-hydrogen) atoms. The average molecular weight is 337 g/mol. The highest BCUT2D eigenvalue weighted by Gasteiger charge is 2.38. The van der Waals surface area contributed by atoms with Gasteiger partial charge in [0.05, 0.1) is 0 Å². The molecule has 1 aliphatic rings. The van der Waals surface area contributed by atoms with Gasteiger partial charge in [-0.1, -0.05) is 24.3 Å². The van der Waals surface area contributed by atoms with Gasteiger partial charge in [-0.3, -0.25) is 14.6 Å². The number of aryl methyl sites for hydroxylation is 1. The van der Waals surface area contributed by atoms with Crippen LogP contribution in [-0.4, -0.2) is 28.9 Å². The Morgan fingerprint density at radius 2 is 1.96 bits per heavy atom. The highest BCUT2D eigenvalue weighted by molar-refractivity contribution is 6.01. The van der Waals surface area contributed by atoms with Crippen LogP contribution in [-0.2, 0) is 16.0 Å². The van der Waals surface area contributed by atoms with Gasteiger partial charge < -0.3 is 10.2 Å². The van der Waals surface area contributed by atoms with Crippen LogP contribution in [0.15, 0.2) is 54.7 Å². The minimum Gasteiger partial charge on any atom is -0.344 e. The van der Waals surface area contributed by atoms with E-state index in [0.29, 0.717) is 12.8 Å². The number of aromatic nitrogens is 1. The summed E-state index contributed by atoms with van der Waals surface area (Å²) < 4.78 is 0. The van der Waals surface area contributed by atoms with E-state index in [1.807, 2.05) is 55.5 Å². The standard InChI is InChI=1S/C20H23N3O2/c1-15-14-18(20(25)23(15)17-10-3-2-4-11-17)22-19(24)12-7-9-16-8-5-6-13-21-16/h2-6,8,10-11,13,15,18H,7,9,12,14H2,1H3,(H,22,24)/t15-,18-/m0/s1. The second-order valence-corrected chi connectivity index (χ2v) is 6.42. The number of hydrogen-bond donors (Lipinski definition) is 1. The number of anilines is 1. The van der Waals surface area contributed by atoms with Gasteiger partial charge in [-0.25, -0.2) is 0 Å². The molecule has 1 N–H and O–H groups in total. The molecule has 1 fully saturated rings. The van der Waals surface area contributed by atoms with Crippen molar-refractivity contribution in [2.45, 2.75) is 44.7 Å². The normalized spacial score (nSPS) is 19.9. The lowest BCUT2D eigenvalue weighted by Gasteiger charge is -2.21. The molecule has 3 rings (SSSR count). The van der Waals surface area contributed by atoms with E-state index in [0.717, 1.165) is 24.2 Å². The fraction of sp³-hybridized carbons (Fsp3) is 0.350. The van der Waals surface area contributed by atoms with Crippen molar-refractivity contribution in [3.05, 3.63) is 60.4 Å². The summed E-state index contributed by atoms with van der Waals surface area (Å²) >= 11 is 0. The van der Waals surface area contributed by atoms with E-state index in [-0.39, 0.29) is 17.9 Å². The minimum absolute atomic E-state index is 0.0308. The maximum absolute atomic E-state index is 12.6. The topological polar surface area (TPSA) is 62.3 Å². The van der Waals surface area contributed by atoms with Crippen molar-refractivity contribution in [2.75, 3.05) is 4.90 Å². The van der Waals surface area contributed by atoms with Crippen LogP contribution in [0.1, 0.15) is 31.9 Å². The van der Waals surface area contributed by atoms with Gasteiger partial charge in [-0.15, -0.1) is 0 Å². The molecule has 2 amide bonds. The van der Waals surface area contributed by atoms with E-state index < -0.39 is 6.04 Å². The smallest absolute Gasteiger partial charge is 0.249 e. The summed E-state index contributed by atoms with van der Waals surface area (Å²) in [7, 11) is 0. The predicted octanol–water partition coefficient (Wildman–Crippen LogP) is 2.71. The van der Waals surface area contributed by atoms with Crippen LogP contribution in [0.3, 0.4) is 0 Å². The zero-order valence-electron chi connectivity index (χ0n) is 14.4. The first-order valence-electron chi connectivity index (χ1n) is 8.72. The van der Waals surface area contributed by atoms with Crippen molar-refractivity contribution in [2.24, 2.45) is 0 Å². The zero-order chi connectivity index (χ0) is 17.6. The monoisotopic (exact) mass is 337 g/mol. The fourth-order valence-electron chi connectivity index (χ4n) is 3.27. The van der Waals surface area contributed by atoms with Gasteiger partial charge in [0.25, 0.3) is 0 Å². The molecular formula is C20H23N3O2. The van der Waals surface area contributed by atoms with Crippen molar-refractivity contribution < 1.29 is 9.59 Å². The van der Waals surface area contributed by atoms with Crippen LogP contribution >= 0.6 is 0 Å². The highest BCUT2D eigenvalue weighted by atomic mass is 16.2. The molecule has 2 heterocycles. The van der Waals surface area contributed by atoms with Gasteiger partial charge in [0.15, 0.2) is 0 Å². The highest BCUT2D eigenvalue weighted by Crippen LogP contribution is 2.26. The third-order valence-corrected chi connectivity index (χ3v) is 4.49. The number of hydrogen-bond acceptors (Lipinski definition) is 3. The maximum Gasteiger partial charge on any atom is 0.249 e. The van der Waals surface area contributed by atoms with Crippen molar-refractivity contribution >= 4 is 17.5 Å². The quantitative estimate of drug-likeness (QED) is 0.881. The van der Waals surface area contributed by atoms with Crippen molar-refractivity contribution in [3.63, 3.8) is 0 Å². The molecule has 5 nitrogen and oxygen atoms in total. The van der Waals surface area contributed by atoms with Gasteiger partial charge in [0.1, 0.15) is 6.04 Å². The molecule has 0 saturated carbocycles. The fourth-order valence-corrected chi connectivity index (χ4v) is 3.27. The van der Waals surface area contributed by atoms with Gasteiger partial charge in [0, 0.05) is 30.0 Å². The number of rotatable bonds is 6. The maximum atomic E-state index is 12.6. The summed E-state index contributed by atoms with van der Waals surface area (Å²) in [4.78, 5) is 30.9. The third kappa shape index (κ3) is 4.24. The average Bonchev–Trinajstić information content (AvgIpc) is 2.90. The minimum atomic E-state index is -0.433. The molecule has 1 aromatic heterocycles. The molecule has 130 valence electrons. The predicted molar refractivity (Wildman–Crippen MR) is 97.1 cm³/mol. The van der Waals surface area contributed by atoms with Gasteiger partial charge >= 0.3 is 0 Å². The molecule has 1 aromatic carbocycles. The van der Waals surface area contributed by atoms with Crippen LogP contribution in [0.5, 0.6) is 0 Å². The summed E-state index contributed by atoms with van der Waals surface area (Å²) in [6.45, 7) is 2.01. The SMILES string of the molecule is C[C@H]1C[C@H](NC(=O)CCCc2ccccn2)C(=O)N1c1ccccc1. The molecule has 0 aliphatic carbocycles. The van der Waals surface area contributed by atoms with Gasteiger partial charge in [0.2, 0.25) is 11.8 Å². The van der Waals surface area contributed by atoms with E-state index >= 15 is 0 Å². The number of carbonyl (C=O) groups excluding carboxylic acids is 2. The summed E-state index contributed by atoms with van der Waals surface area (Å²) in [6, 6.07) is 15.0. The molecule has 0 unspecified atom stereocenters. The third-order valence-electron chi connectivity index (χ3n) is 4.49. The van der Waals surface area contributed by atoms with Crippen LogP contribution in [0, 0.1) is 0 Å². The Kier molecular flexibility index (Phi) is 5.43. The molecule has 0 radical (unpaired) electrons. The van der Waals surface area contributed by atoms with E-state index in [4.69, 9.17) is 0 Å². The number of amides is 2. The summed E-state index contributed by atoms with van der Waals surface area (Å²) in [6.07, 6.45) is 4.28. The molecule has 2 aromatic rings. The first kappa shape index (κ1) is 17.1. The number of pyridine rings is 1. The molecule has 1 saturated heterocycles. The number of para-hydroxylation sites is 1. The molecule has 5 heteroatoms. The number of nitrogens with one attached hydrogen (secondary N) is 1. The van der Waals surface area contributed by atoms with Crippen molar-refractivity contribution in [3.8, 4) is 0 Å².